The molecule has 1 heterocycles. The zero-order valence-corrected chi connectivity index (χ0v) is 13.2. The Labute approximate surface area is 116 Å². The van der Waals surface area contributed by atoms with E-state index in [0.717, 1.165) is 17.1 Å². The summed E-state index contributed by atoms with van der Waals surface area (Å²) in [6, 6.07) is 10.0. The molecule has 2 rings (SSSR count). The minimum atomic E-state index is 0.297. The van der Waals surface area contributed by atoms with Crippen molar-refractivity contribution in [3.63, 3.8) is 0 Å². The predicted molar refractivity (Wildman–Crippen MR) is 77.1 cm³/mol. The van der Waals surface area contributed by atoms with Gasteiger partial charge in [-0.05, 0) is 0 Å². The van der Waals surface area contributed by atoms with Crippen LogP contribution >= 0.6 is 22.6 Å². The molecule has 16 heavy (non-hydrogen) atoms. The first kappa shape index (κ1) is 12.4. The van der Waals surface area contributed by atoms with Crippen molar-refractivity contribution in [2.75, 3.05) is 6.61 Å². The summed E-state index contributed by atoms with van der Waals surface area (Å²) < 4.78 is 5.97. The van der Waals surface area contributed by atoms with Crippen LogP contribution in [0.5, 0.6) is 0 Å². The first-order valence-corrected chi connectivity index (χ1v) is 8.10. The molecule has 0 saturated carbocycles. The number of halogens is 1. The summed E-state index contributed by atoms with van der Waals surface area (Å²) in [5.41, 5.74) is 0.992. The Morgan fingerprint density at radius 3 is 2.62 bits per heavy atom. The molecule has 1 aliphatic heterocycles. The van der Waals surface area contributed by atoms with Gasteiger partial charge in [0.2, 0.25) is 0 Å². The van der Waals surface area contributed by atoms with Crippen LogP contribution in [-0.4, -0.2) is 29.8 Å². The molecule has 1 aliphatic rings. The van der Waals surface area contributed by atoms with Crippen molar-refractivity contribution in [2.45, 2.75) is 22.1 Å². The molecule has 1 aromatic carbocycles. The van der Waals surface area contributed by atoms with Crippen LogP contribution in [0.3, 0.4) is 0 Å². The fraction of sp³-hybridized carbons (Fsp3) is 0.417. The average Bonchev–Trinajstić information content (AvgIpc) is 2.67. The summed E-state index contributed by atoms with van der Waals surface area (Å²) in [4.78, 5) is 6.11. The van der Waals surface area contributed by atoms with Crippen molar-refractivity contribution in [3.8, 4) is 0 Å². The molecule has 0 amide bonds. The second-order valence-electron chi connectivity index (χ2n) is 4.20. The molecule has 0 aromatic heterocycles. The molecule has 0 spiro atoms. The molecular weight excluding hydrogens is 380 g/mol. The summed E-state index contributed by atoms with van der Waals surface area (Å²) >= 11 is 2.86. The Bertz CT molecular complexity index is 386. The topological polar surface area (TPSA) is 21.6 Å². The van der Waals surface area contributed by atoms with Gasteiger partial charge in [0.05, 0.1) is 0 Å². The summed E-state index contributed by atoms with van der Waals surface area (Å²) in [6.07, 6.45) is 0. The van der Waals surface area contributed by atoms with E-state index in [1.165, 1.54) is 0 Å². The van der Waals surface area contributed by atoms with Crippen LogP contribution in [0.25, 0.3) is 0 Å². The van der Waals surface area contributed by atoms with E-state index < -0.39 is 0 Å². The standard InChI is InChI=1S/C12H14INOSe/c1-12(2,13)10-8-15-11(16-10)14-9-6-4-3-5-7-9/h3-7,10H,8H2,1-2H3. The third-order valence-corrected chi connectivity index (χ3v) is 7.03. The first-order valence-electron chi connectivity index (χ1n) is 5.18. The third-order valence-electron chi connectivity index (χ3n) is 2.34. The van der Waals surface area contributed by atoms with Crippen LogP contribution in [0.2, 0.25) is 4.82 Å². The van der Waals surface area contributed by atoms with Gasteiger partial charge >= 0.3 is 117 Å². The van der Waals surface area contributed by atoms with E-state index in [0.29, 0.717) is 23.2 Å². The van der Waals surface area contributed by atoms with Gasteiger partial charge in [-0.1, -0.05) is 0 Å². The van der Waals surface area contributed by atoms with Crippen LogP contribution in [0.4, 0.5) is 5.69 Å². The molecule has 0 radical (unpaired) electrons. The Hall–Kier alpha value is -0.0605. The normalized spacial score (nSPS) is 23.4. The Morgan fingerprint density at radius 1 is 1.38 bits per heavy atom. The number of benzene rings is 1. The van der Waals surface area contributed by atoms with Gasteiger partial charge in [-0.3, -0.25) is 0 Å². The maximum absolute atomic E-state index is 5.67. The molecule has 1 fully saturated rings. The molecular formula is C12H14INOSe. The van der Waals surface area contributed by atoms with E-state index in [1.54, 1.807) is 0 Å². The molecule has 86 valence electrons. The molecule has 1 aromatic rings. The van der Waals surface area contributed by atoms with E-state index in [9.17, 15) is 0 Å². The molecule has 0 N–H and O–H groups in total. The van der Waals surface area contributed by atoms with Crippen molar-refractivity contribution >= 4 is 48.0 Å². The van der Waals surface area contributed by atoms with Crippen LogP contribution in [0.1, 0.15) is 13.8 Å². The Morgan fingerprint density at radius 2 is 2.06 bits per heavy atom. The van der Waals surface area contributed by atoms with E-state index in [4.69, 9.17) is 4.74 Å². The van der Waals surface area contributed by atoms with E-state index in [-0.39, 0.29) is 0 Å². The third kappa shape index (κ3) is 3.22. The molecule has 1 unspecified atom stereocenters. The van der Waals surface area contributed by atoms with Crippen LogP contribution in [-0.2, 0) is 4.74 Å². The number of nitrogens with zero attached hydrogens (tertiary/aromatic N) is 1. The number of rotatable bonds is 2. The van der Waals surface area contributed by atoms with Crippen LogP contribution < -0.4 is 0 Å². The number of hydrogen-bond donors (Lipinski definition) is 0. The van der Waals surface area contributed by atoms with Crippen molar-refractivity contribution in [1.82, 2.24) is 0 Å². The van der Waals surface area contributed by atoms with E-state index in [2.05, 4.69) is 41.4 Å². The van der Waals surface area contributed by atoms with Crippen LogP contribution in [0, 0.1) is 0 Å². The Balaban J connectivity index is 2.07. The van der Waals surface area contributed by atoms with Gasteiger partial charge in [0.15, 0.2) is 0 Å². The molecule has 2 nitrogen and oxygen atoms in total. The fourth-order valence-corrected chi connectivity index (χ4v) is 4.18. The monoisotopic (exact) mass is 395 g/mol. The Kier molecular flexibility index (Phi) is 3.92. The molecule has 4 heteroatoms. The minimum absolute atomic E-state index is 0.297. The van der Waals surface area contributed by atoms with Crippen molar-refractivity contribution in [2.24, 2.45) is 4.99 Å². The second kappa shape index (κ2) is 5.07. The zero-order chi connectivity index (χ0) is 11.6. The van der Waals surface area contributed by atoms with Gasteiger partial charge in [-0.15, -0.1) is 0 Å². The van der Waals surface area contributed by atoms with Crippen molar-refractivity contribution < 1.29 is 4.74 Å². The van der Waals surface area contributed by atoms with Gasteiger partial charge in [0.1, 0.15) is 0 Å². The van der Waals surface area contributed by atoms with Crippen molar-refractivity contribution in [3.05, 3.63) is 30.3 Å². The molecule has 1 atom stereocenters. The molecule has 1 saturated heterocycles. The number of alkyl halides is 1. The second-order valence-corrected chi connectivity index (χ2v) is 9.40. The van der Waals surface area contributed by atoms with Crippen LogP contribution in [0.15, 0.2) is 35.3 Å². The molecule has 0 bridgehead atoms. The van der Waals surface area contributed by atoms with Crippen molar-refractivity contribution in [1.29, 1.82) is 0 Å². The van der Waals surface area contributed by atoms with Gasteiger partial charge in [-0.2, -0.15) is 0 Å². The summed E-state index contributed by atoms with van der Waals surface area (Å²) in [5, 5.41) is 0. The number of para-hydroxylation sites is 1. The zero-order valence-electron chi connectivity index (χ0n) is 9.31. The van der Waals surface area contributed by atoms with Gasteiger partial charge in [-0.25, -0.2) is 0 Å². The summed E-state index contributed by atoms with van der Waals surface area (Å²) in [6.45, 7) is 5.34. The fourth-order valence-electron chi connectivity index (χ4n) is 1.34. The summed E-state index contributed by atoms with van der Waals surface area (Å²) in [5.74, 6) is 0. The number of ether oxygens (including phenoxy) is 1. The maximum atomic E-state index is 5.67. The van der Waals surface area contributed by atoms with E-state index >= 15 is 0 Å². The quantitative estimate of drug-likeness (QED) is 0.428. The first-order chi connectivity index (χ1) is 7.55. The molecule has 0 aliphatic carbocycles. The SMILES string of the molecule is CC(C)(I)C1COC(=Nc2ccccc2)[Se]1. The average molecular weight is 394 g/mol. The number of hydrogen-bond acceptors (Lipinski definition) is 2. The predicted octanol–water partition coefficient (Wildman–Crippen LogP) is 3.41. The van der Waals surface area contributed by atoms with E-state index in [1.807, 2.05) is 30.3 Å². The van der Waals surface area contributed by atoms with Gasteiger partial charge in [0, 0.05) is 0 Å². The number of aliphatic imine (C=N–C) groups is 1. The van der Waals surface area contributed by atoms with Gasteiger partial charge < -0.3 is 0 Å². The summed E-state index contributed by atoms with van der Waals surface area (Å²) in [7, 11) is 0. The van der Waals surface area contributed by atoms with Gasteiger partial charge in [0.25, 0.3) is 0 Å².